The molecule has 0 saturated heterocycles. The molecule has 0 aliphatic heterocycles. The van der Waals surface area contributed by atoms with E-state index in [0.717, 1.165) is 11.9 Å². The van der Waals surface area contributed by atoms with E-state index >= 15 is 0 Å². The van der Waals surface area contributed by atoms with Crippen molar-refractivity contribution in [1.82, 2.24) is 15.4 Å². The monoisotopic (exact) mass is 412 g/mol. The molecule has 0 radical (unpaired) electrons. The Bertz CT molecular complexity index is 1090. The van der Waals surface area contributed by atoms with Gasteiger partial charge in [-0.1, -0.05) is 35.9 Å². The normalized spacial score (nSPS) is 10.3. The van der Waals surface area contributed by atoms with E-state index in [1.165, 1.54) is 0 Å². The summed E-state index contributed by atoms with van der Waals surface area (Å²) in [6, 6.07) is 12.1. The van der Waals surface area contributed by atoms with Crippen LogP contribution in [-0.2, 0) is 0 Å². The molecule has 3 aromatic rings. The van der Waals surface area contributed by atoms with Crippen molar-refractivity contribution in [2.75, 3.05) is 10.7 Å². The molecule has 0 aliphatic rings. The van der Waals surface area contributed by atoms with Gasteiger partial charge in [0.05, 0.1) is 4.92 Å². The number of aromatic nitrogens is 2. The van der Waals surface area contributed by atoms with Gasteiger partial charge in [0.1, 0.15) is 6.33 Å². The van der Waals surface area contributed by atoms with Gasteiger partial charge in [-0.3, -0.25) is 25.8 Å². The van der Waals surface area contributed by atoms with Crippen LogP contribution in [0.1, 0.15) is 21.5 Å². The maximum absolute atomic E-state index is 12.4. The predicted octanol–water partition coefficient (Wildman–Crippen LogP) is 4.16. The summed E-state index contributed by atoms with van der Waals surface area (Å²) in [5, 5.41) is 15.1. The lowest BCUT2D eigenvalue weighted by Gasteiger charge is -2.13. The summed E-state index contributed by atoms with van der Waals surface area (Å²) < 4.78 is 0. The summed E-state index contributed by atoms with van der Waals surface area (Å²) in [6.45, 7) is 3.57. The Hall–Kier alpha value is -3.72. The van der Waals surface area contributed by atoms with Crippen molar-refractivity contribution >= 4 is 40.5 Å². The van der Waals surface area contributed by atoms with Gasteiger partial charge >= 0.3 is 5.69 Å². The molecule has 0 atom stereocenters. The molecule has 0 bridgehead atoms. The third kappa shape index (κ3) is 4.41. The highest BCUT2D eigenvalue weighted by Crippen LogP contribution is 2.33. The number of rotatable bonds is 6. The molecule has 0 unspecified atom stereocenters. The highest BCUT2D eigenvalue weighted by Gasteiger charge is 2.24. The second-order valence-corrected chi connectivity index (χ2v) is 6.52. The lowest BCUT2D eigenvalue weighted by Crippen LogP contribution is -2.30. The SMILES string of the molecule is Cc1ccccc1C(=O)NNc1ncnc(Nc2cccc(Cl)c2C)c1[N+](=O)[O-]. The summed E-state index contributed by atoms with van der Waals surface area (Å²) in [5.41, 5.74) is 7.00. The van der Waals surface area contributed by atoms with E-state index in [1.807, 2.05) is 6.07 Å². The Balaban J connectivity index is 1.87. The van der Waals surface area contributed by atoms with Crippen molar-refractivity contribution in [3.63, 3.8) is 0 Å². The molecule has 3 rings (SSSR count). The van der Waals surface area contributed by atoms with Crippen molar-refractivity contribution in [3.05, 3.63) is 80.6 Å². The van der Waals surface area contributed by atoms with Crippen molar-refractivity contribution < 1.29 is 9.72 Å². The van der Waals surface area contributed by atoms with Crippen LogP contribution < -0.4 is 16.2 Å². The van der Waals surface area contributed by atoms with Gasteiger partial charge in [-0.05, 0) is 43.2 Å². The van der Waals surface area contributed by atoms with Crippen LogP contribution in [0.3, 0.4) is 0 Å². The standard InChI is InChI=1S/C19H17ClN6O3/c1-11-6-3-4-7-13(11)19(27)25-24-18-16(26(28)29)17(21-10-22-18)23-15-9-5-8-14(20)12(15)2/h3-10H,1-2H3,(H,25,27)(H2,21,22,23,24). The van der Waals surface area contributed by atoms with Gasteiger partial charge in [0, 0.05) is 16.3 Å². The highest BCUT2D eigenvalue weighted by molar-refractivity contribution is 6.31. The molecule has 148 valence electrons. The first kappa shape index (κ1) is 20.0. The summed E-state index contributed by atoms with van der Waals surface area (Å²) >= 11 is 6.10. The zero-order valence-electron chi connectivity index (χ0n) is 15.6. The summed E-state index contributed by atoms with van der Waals surface area (Å²) in [4.78, 5) is 31.2. The molecule has 0 saturated carbocycles. The van der Waals surface area contributed by atoms with E-state index in [2.05, 4.69) is 26.1 Å². The van der Waals surface area contributed by atoms with Crippen LogP contribution in [0, 0.1) is 24.0 Å². The minimum absolute atomic E-state index is 0.0389. The van der Waals surface area contributed by atoms with E-state index in [9.17, 15) is 14.9 Å². The minimum atomic E-state index is -0.634. The zero-order valence-corrected chi connectivity index (χ0v) is 16.3. The quantitative estimate of drug-likeness (QED) is 0.410. The molecule has 9 nitrogen and oxygen atoms in total. The molecule has 10 heteroatoms. The summed E-state index contributed by atoms with van der Waals surface area (Å²) in [7, 11) is 0. The number of nitrogens with one attached hydrogen (secondary N) is 3. The number of benzene rings is 2. The summed E-state index contributed by atoms with van der Waals surface area (Å²) in [5.74, 6) is -0.645. The number of aryl methyl sites for hydroxylation is 1. The van der Waals surface area contributed by atoms with Crippen LogP contribution in [0.5, 0.6) is 0 Å². The predicted molar refractivity (Wildman–Crippen MR) is 110 cm³/mol. The van der Waals surface area contributed by atoms with Crippen LogP contribution in [0.15, 0.2) is 48.8 Å². The first-order valence-electron chi connectivity index (χ1n) is 8.52. The number of hydrogen-bond donors (Lipinski definition) is 3. The lowest BCUT2D eigenvalue weighted by atomic mass is 10.1. The largest absolute Gasteiger partial charge is 0.355 e. The Morgan fingerprint density at radius 1 is 1.07 bits per heavy atom. The first-order chi connectivity index (χ1) is 13.9. The molecular formula is C19H17ClN6O3. The average Bonchev–Trinajstić information content (AvgIpc) is 2.70. The van der Waals surface area contributed by atoms with Crippen molar-refractivity contribution in [2.45, 2.75) is 13.8 Å². The van der Waals surface area contributed by atoms with Crippen molar-refractivity contribution in [1.29, 1.82) is 0 Å². The summed E-state index contributed by atoms with van der Waals surface area (Å²) in [6.07, 6.45) is 1.15. The molecule has 0 aliphatic carbocycles. The van der Waals surface area contributed by atoms with E-state index in [-0.39, 0.29) is 11.6 Å². The third-order valence-electron chi connectivity index (χ3n) is 4.21. The van der Waals surface area contributed by atoms with Gasteiger partial charge in [0.25, 0.3) is 5.91 Å². The Morgan fingerprint density at radius 3 is 2.52 bits per heavy atom. The maximum atomic E-state index is 12.4. The number of nitrogens with zero attached hydrogens (tertiary/aromatic N) is 3. The Morgan fingerprint density at radius 2 is 1.79 bits per heavy atom. The fourth-order valence-corrected chi connectivity index (χ4v) is 2.79. The van der Waals surface area contributed by atoms with Crippen LogP contribution >= 0.6 is 11.6 Å². The molecule has 29 heavy (non-hydrogen) atoms. The van der Waals surface area contributed by atoms with Crippen molar-refractivity contribution in [2.24, 2.45) is 0 Å². The zero-order chi connectivity index (χ0) is 21.0. The van der Waals surface area contributed by atoms with Gasteiger partial charge in [0.2, 0.25) is 11.6 Å². The Kier molecular flexibility index (Phi) is 5.89. The average molecular weight is 413 g/mol. The van der Waals surface area contributed by atoms with Gasteiger partial charge < -0.3 is 5.32 Å². The fourth-order valence-electron chi connectivity index (χ4n) is 2.62. The molecule has 1 amide bonds. The first-order valence-corrected chi connectivity index (χ1v) is 8.89. The molecule has 2 aromatic carbocycles. The topological polar surface area (TPSA) is 122 Å². The second kappa shape index (κ2) is 8.53. The number of nitro groups is 1. The number of halogens is 1. The number of carbonyl (C=O) groups excluding carboxylic acids is 1. The lowest BCUT2D eigenvalue weighted by molar-refractivity contribution is -0.383. The smallest absolute Gasteiger partial charge is 0.334 e. The number of hydrazine groups is 1. The fraction of sp³-hybridized carbons (Fsp3) is 0.105. The number of carbonyl (C=O) groups is 1. The van der Waals surface area contributed by atoms with Gasteiger partial charge in [-0.2, -0.15) is 0 Å². The second-order valence-electron chi connectivity index (χ2n) is 6.11. The van der Waals surface area contributed by atoms with E-state index in [4.69, 9.17) is 11.6 Å². The van der Waals surface area contributed by atoms with Crippen molar-refractivity contribution in [3.8, 4) is 0 Å². The number of hydrogen-bond acceptors (Lipinski definition) is 7. The highest BCUT2D eigenvalue weighted by atomic mass is 35.5. The molecule has 3 N–H and O–H groups in total. The van der Waals surface area contributed by atoms with Gasteiger partial charge in [-0.15, -0.1) is 0 Å². The van der Waals surface area contributed by atoms with E-state index in [0.29, 0.717) is 21.8 Å². The van der Waals surface area contributed by atoms with Crippen LogP contribution in [-0.4, -0.2) is 20.8 Å². The van der Waals surface area contributed by atoms with E-state index < -0.39 is 16.5 Å². The molecule has 0 fully saturated rings. The number of anilines is 3. The Labute approximate surface area is 171 Å². The number of amides is 1. The minimum Gasteiger partial charge on any atom is -0.334 e. The molecular weight excluding hydrogens is 396 g/mol. The van der Waals surface area contributed by atoms with Gasteiger partial charge in [-0.25, -0.2) is 9.97 Å². The molecule has 0 spiro atoms. The van der Waals surface area contributed by atoms with Crippen LogP contribution in [0.25, 0.3) is 0 Å². The maximum Gasteiger partial charge on any atom is 0.355 e. The van der Waals surface area contributed by atoms with Gasteiger partial charge in [0.15, 0.2) is 0 Å². The van der Waals surface area contributed by atoms with E-state index in [1.54, 1.807) is 50.2 Å². The van der Waals surface area contributed by atoms with Crippen LogP contribution in [0.4, 0.5) is 23.0 Å². The molecule has 1 heterocycles. The third-order valence-corrected chi connectivity index (χ3v) is 4.62. The van der Waals surface area contributed by atoms with Crippen LogP contribution in [0.2, 0.25) is 5.02 Å². The molecule has 1 aromatic heterocycles.